The third kappa shape index (κ3) is 8.62. The molecule has 0 spiro atoms. The molecule has 1 atom stereocenters. The Balaban J connectivity index is 5.31. The van der Waals surface area contributed by atoms with Crippen molar-refractivity contribution in [3.63, 3.8) is 0 Å². The number of carbonyl (C=O) groups is 1. The Hall–Kier alpha value is -1.21. The molecule has 0 saturated heterocycles. The minimum absolute atomic E-state index is 0.140. The summed E-state index contributed by atoms with van der Waals surface area (Å²) in [5.41, 5.74) is 2.84. The molecule has 120 valence electrons. The molecule has 0 unspecified atom stereocenters. The van der Waals surface area contributed by atoms with Crippen LogP contribution in [0.2, 0.25) is 19.6 Å². The van der Waals surface area contributed by atoms with Gasteiger partial charge in [0.2, 0.25) is 0 Å². The summed E-state index contributed by atoms with van der Waals surface area (Å²) in [5, 5.41) is 9.54. The molecule has 0 aromatic rings. The number of carboxylic acid groups (broad SMARTS) is 1. The number of allylic oxidation sites excluding steroid dienone is 1. The van der Waals surface area contributed by atoms with Crippen LogP contribution in [0, 0.1) is 17.4 Å². The molecule has 21 heavy (non-hydrogen) atoms. The zero-order chi connectivity index (χ0) is 16.8. The summed E-state index contributed by atoms with van der Waals surface area (Å²) < 4.78 is 0. The maximum Gasteiger partial charge on any atom is 0.408 e. The highest BCUT2D eigenvalue weighted by molar-refractivity contribution is 6.83. The highest BCUT2D eigenvalue weighted by Gasteiger charge is 2.32. The van der Waals surface area contributed by atoms with E-state index < -0.39 is 19.7 Å². The molecule has 0 saturated carbocycles. The van der Waals surface area contributed by atoms with Crippen LogP contribution < -0.4 is 0 Å². The third-order valence-corrected chi connectivity index (χ3v) is 3.72. The minimum Gasteiger partial charge on any atom is -0.465 e. The largest absolute Gasteiger partial charge is 0.465 e. The van der Waals surface area contributed by atoms with Gasteiger partial charge in [-0.25, -0.2) is 4.79 Å². The lowest BCUT2D eigenvalue weighted by molar-refractivity contribution is 0.0774. The van der Waals surface area contributed by atoms with E-state index in [1.807, 2.05) is 32.9 Å². The second kappa shape index (κ2) is 7.70. The Morgan fingerprint density at radius 3 is 2.14 bits per heavy atom. The predicted octanol–water partition coefficient (Wildman–Crippen LogP) is 4.62. The fourth-order valence-corrected chi connectivity index (χ4v) is 2.61. The SMILES string of the molecule is CC(C)C[C@@H](C=CC#C[Si](C)(C)C)N(C(=O)O)C(C)(C)C. The lowest BCUT2D eigenvalue weighted by Crippen LogP contribution is -2.50. The molecule has 0 aliphatic rings. The van der Waals surface area contributed by atoms with Crippen molar-refractivity contribution in [1.29, 1.82) is 0 Å². The van der Waals surface area contributed by atoms with Gasteiger partial charge in [0.1, 0.15) is 8.07 Å². The fraction of sp³-hybridized carbons (Fsp3) is 0.706. The topological polar surface area (TPSA) is 40.5 Å². The van der Waals surface area contributed by atoms with E-state index >= 15 is 0 Å². The lowest BCUT2D eigenvalue weighted by Gasteiger charge is -2.39. The van der Waals surface area contributed by atoms with Crippen LogP contribution in [0.25, 0.3) is 0 Å². The molecule has 0 aromatic heterocycles. The Morgan fingerprint density at radius 2 is 1.81 bits per heavy atom. The zero-order valence-electron chi connectivity index (χ0n) is 14.8. The summed E-state index contributed by atoms with van der Waals surface area (Å²) in [6.07, 6.45) is 3.68. The number of amides is 1. The molecule has 0 radical (unpaired) electrons. The molecule has 0 aliphatic heterocycles. The van der Waals surface area contributed by atoms with Crippen LogP contribution in [0.15, 0.2) is 12.2 Å². The summed E-state index contributed by atoms with van der Waals surface area (Å²) in [4.78, 5) is 13.2. The zero-order valence-corrected chi connectivity index (χ0v) is 15.8. The van der Waals surface area contributed by atoms with Crippen LogP contribution in [-0.2, 0) is 0 Å². The van der Waals surface area contributed by atoms with Gasteiger partial charge in [-0.2, -0.15) is 0 Å². The molecule has 3 nitrogen and oxygen atoms in total. The molecule has 0 fully saturated rings. The van der Waals surface area contributed by atoms with Gasteiger partial charge in [0, 0.05) is 5.54 Å². The standard InChI is InChI=1S/C17H31NO2Si/c1-14(2)13-15(11-9-10-12-21(6,7)8)18(16(19)20)17(3,4)5/h9,11,14-15H,13H2,1-8H3,(H,19,20)/t15-/m1/s1. The second-order valence-electron chi connectivity index (χ2n) is 7.90. The molecule has 0 heterocycles. The molecule has 0 rings (SSSR count). The predicted molar refractivity (Wildman–Crippen MR) is 93.1 cm³/mol. The maximum atomic E-state index is 11.6. The molecular formula is C17H31NO2Si. The number of rotatable bonds is 4. The van der Waals surface area contributed by atoms with Crippen LogP contribution in [0.5, 0.6) is 0 Å². The summed E-state index contributed by atoms with van der Waals surface area (Å²) in [6.45, 7) is 16.6. The highest BCUT2D eigenvalue weighted by Crippen LogP contribution is 2.22. The number of hydrogen-bond donors (Lipinski definition) is 1. The normalized spacial score (nSPS) is 14.0. The van der Waals surface area contributed by atoms with Crippen molar-refractivity contribution in [1.82, 2.24) is 4.90 Å². The second-order valence-corrected chi connectivity index (χ2v) is 12.6. The van der Waals surface area contributed by atoms with E-state index in [4.69, 9.17) is 0 Å². The van der Waals surface area contributed by atoms with E-state index in [0.29, 0.717) is 5.92 Å². The molecule has 4 heteroatoms. The van der Waals surface area contributed by atoms with Gasteiger partial charge in [0.25, 0.3) is 0 Å². The smallest absolute Gasteiger partial charge is 0.408 e. The van der Waals surface area contributed by atoms with Crippen LogP contribution in [0.4, 0.5) is 4.79 Å². The Morgan fingerprint density at radius 1 is 1.29 bits per heavy atom. The van der Waals surface area contributed by atoms with Crippen molar-refractivity contribution in [2.24, 2.45) is 5.92 Å². The first-order valence-electron chi connectivity index (χ1n) is 7.56. The van der Waals surface area contributed by atoms with Gasteiger partial charge in [-0.05, 0) is 39.2 Å². The van der Waals surface area contributed by atoms with Crippen LogP contribution >= 0.6 is 0 Å². The van der Waals surface area contributed by atoms with Crippen LogP contribution in [0.1, 0.15) is 41.0 Å². The number of nitrogens with zero attached hydrogens (tertiary/aromatic N) is 1. The van der Waals surface area contributed by atoms with Gasteiger partial charge in [-0.1, -0.05) is 45.5 Å². The summed E-state index contributed by atoms with van der Waals surface area (Å²) in [7, 11) is -1.39. The van der Waals surface area contributed by atoms with Gasteiger partial charge < -0.3 is 5.11 Å². The number of hydrogen-bond acceptors (Lipinski definition) is 1. The highest BCUT2D eigenvalue weighted by atomic mass is 28.3. The van der Waals surface area contributed by atoms with Crippen LogP contribution in [-0.4, -0.2) is 35.8 Å². The van der Waals surface area contributed by atoms with Gasteiger partial charge in [0.15, 0.2) is 0 Å². The first-order chi connectivity index (χ1) is 9.34. The third-order valence-electron chi connectivity index (χ3n) is 2.82. The Labute approximate surface area is 131 Å². The van der Waals surface area contributed by atoms with Gasteiger partial charge >= 0.3 is 6.09 Å². The quantitative estimate of drug-likeness (QED) is 0.608. The monoisotopic (exact) mass is 309 g/mol. The van der Waals surface area contributed by atoms with E-state index in [2.05, 4.69) is 45.0 Å². The van der Waals surface area contributed by atoms with Crippen LogP contribution in [0.3, 0.4) is 0 Å². The van der Waals surface area contributed by atoms with Crippen molar-refractivity contribution in [2.45, 2.75) is 72.3 Å². The van der Waals surface area contributed by atoms with E-state index in [1.54, 1.807) is 0 Å². The molecule has 0 bridgehead atoms. The minimum atomic E-state index is -1.39. The molecule has 0 aliphatic carbocycles. The van der Waals surface area contributed by atoms with Gasteiger partial charge in [0.05, 0.1) is 6.04 Å². The van der Waals surface area contributed by atoms with Gasteiger partial charge in [-0.3, -0.25) is 4.90 Å². The summed E-state index contributed by atoms with van der Waals surface area (Å²) >= 11 is 0. The Kier molecular flexibility index (Phi) is 7.25. The average Bonchev–Trinajstić information content (AvgIpc) is 2.19. The molecule has 0 aromatic carbocycles. The van der Waals surface area contributed by atoms with Crippen molar-refractivity contribution >= 4 is 14.2 Å². The fourth-order valence-electron chi connectivity index (χ4n) is 2.10. The van der Waals surface area contributed by atoms with Gasteiger partial charge in [-0.15, -0.1) is 5.54 Å². The average molecular weight is 310 g/mol. The van der Waals surface area contributed by atoms with E-state index in [1.165, 1.54) is 4.90 Å². The lowest BCUT2D eigenvalue weighted by atomic mass is 9.97. The summed E-state index contributed by atoms with van der Waals surface area (Å²) in [5.74, 6) is 3.51. The Bertz CT molecular complexity index is 430. The van der Waals surface area contributed by atoms with Crippen molar-refractivity contribution in [3.05, 3.63) is 12.2 Å². The van der Waals surface area contributed by atoms with E-state index in [0.717, 1.165) is 6.42 Å². The first kappa shape index (κ1) is 19.8. The van der Waals surface area contributed by atoms with Crippen molar-refractivity contribution in [2.75, 3.05) is 0 Å². The molecule has 1 amide bonds. The van der Waals surface area contributed by atoms with E-state index in [-0.39, 0.29) is 6.04 Å². The first-order valence-corrected chi connectivity index (χ1v) is 11.1. The van der Waals surface area contributed by atoms with Crippen molar-refractivity contribution < 1.29 is 9.90 Å². The van der Waals surface area contributed by atoms with E-state index in [9.17, 15) is 9.90 Å². The maximum absolute atomic E-state index is 11.6. The molecular weight excluding hydrogens is 278 g/mol. The van der Waals surface area contributed by atoms with Crippen molar-refractivity contribution in [3.8, 4) is 11.5 Å². The molecule has 1 N–H and O–H groups in total. The summed E-state index contributed by atoms with van der Waals surface area (Å²) in [6, 6.07) is -0.140.